The van der Waals surface area contributed by atoms with Gasteiger partial charge in [-0.2, -0.15) is 13.2 Å². The number of nitrogens with one attached hydrogen (secondary N) is 1. The van der Waals surface area contributed by atoms with Crippen LogP contribution < -0.4 is 10.1 Å². The van der Waals surface area contributed by atoms with E-state index in [-0.39, 0.29) is 5.69 Å². The average Bonchev–Trinajstić information content (AvgIpc) is 2.78. The lowest BCUT2D eigenvalue weighted by Crippen LogP contribution is -2.57. The minimum absolute atomic E-state index is 0.00195. The number of anilines is 1. The van der Waals surface area contributed by atoms with E-state index in [1.165, 1.54) is 39.2 Å². The summed E-state index contributed by atoms with van der Waals surface area (Å²) in [4.78, 5) is 29.2. The SMILES string of the molecule is COc1cccc(C(C)(C)CC(O)(C(=O)Nc2ccc3c(c2)C(C)=NOC3C=O)C(F)(F)F)c1Br. The van der Waals surface area contributed by atoms with Crippen molar-refractivity contribution in [3.05, 3.63) is 57.6 Å². The van der Waals surface area contributed by atoms with Crippen LogP contribution in [0.1, 0.15) is 50.0 Å². The Morgan fingerprint density at radius 2 is 1.97 bits per heavy atom. The van der Waals surface area contributed by atoms with Gasteiger partial charge in [-0.05, 0) is 52.0 Å². The molecule has 0 saturated carbocycles. The summed E-state index contributed by atoms with van der Waals surface area (Å²) in [5, 5.41) is 16.7. The van der Waals surface area contributed by atoms with Gasteiger partial charge in [-0.25, -0.2) is 0 Å². The molecule has 1 heterocycles. The van der Waals surface area contributed by atoms with Crippen molar-refractivity contribution in [1.82, 2.24) is 0 Å². The van der Waals surface area contributed by atoms with E-state index in [1.54, 1.807) is 25.1 Å². The molecule has 7 nitrogen and oxygen atoms in total. The number of benzene rings is 2. The van der Waals surface area contributed by atoms with E-state index >= 15 is 0 Å². The molecule has 0 spiro atoms. The van der Waals surface area contributed by atoms with E-state index in [4.69, 9.17) is 9.57 Å². The minimum atomic E-state index is -5.28. The molecule has 2 N–H and O–H groups in total. The quantitative estimate of drug-likeness (QED) is 0.465. The minimum Gasteiger partial charge on any atom is -0.496 e. The van der Waals surface area contributed by atoms with Crippen LogP contribution in [-0.4, -0.2) is 41.9 Å². The molecule has 2 atom stereocenters. The summed E-state index contributed by atoms with van der Waals surface area (Å²) in [5.41, 5.74) is -3.33. The van der Waals surface area contributed by atoms with Gasteiger partial charge in [0.1, 0.15) is 5.75 Å². The van der Waals surface area contributed by atoms with Gasteiger partial charge in [0, 0.05) is 23.2 Å². The Bertz CT molecular complexity index is 1180. The van der Waals surface area contributed by atoms with E-state index in [2.05, 4.69) is 26.4 Å². The number of amides is 1. The standard InChI is InChI=1S/C24H24BrF3N2O5/c1-13-16-10-14(8-9-15(16)19(11-31)35-30-13)29-21(32)23(33,24(26,27)28)12-22(2,3)17-6-5-7-18(34-4)20(17)25/h5-11,19,33H,12H2,1-4H3,(H,29,32). The first-order valence-corrected chi connectivity index (χ1v) is 11.3. The molecule has 0 aliphatic carbocycles. The second-order valence-corrected chi connectivity index (χ2v) is 9.63. The molecular formula is C24H24BrF3N2O5. The van der Waals surface area contributed by atoms with Crippen LogP contribution in [0.2, 0.25) is 0 Å². The number of methoxy groups -OCH3 is 1. The molecule has 2 unspecified atom stereocenters. The molecule has 0 aromatic heterocycles. The van der Waals surface area contributed by atoms with Crippen molar-refractivity contribution >= 4 is 39.5 Å². The fourth-order valence-corrected chi connectivity index (χ4v) is 4.97. The molecule has 3 rings (SSSR count). The number of ether oxygens (including phenoxy) is 1. The lowest BCUT2D eigenvalue weighted by atomic mass is 9.74. The van der Waals surface area contributed by atoms with E-state index in [0.717, 1.165) is 0 Å². The van der Waals surface area contributed by atoms with Crippen LogP contribution in [0.25, 0.3) is 0 Å². The smallest absolute Gasteiger partial charge is 0.426 e. The van der Waals surface area contributed by atoms with Crippen LogP contribution in [0.4, 0.5) is 18.9 Å². The molecule has 0 fully saturated rings. The summed E-state index contributed by atoms with van der Waals surface area (Å²) < 4.78 is 48.1. The van der Waals surface area contributed by atoms with Gasteiger partial charge < -0.3 is 20.0 Å². The molecule has 2 aromatic carbocycles. The maximum absolute atomic E-state index is 14.2. The molecule has 0 bridgehead atoms. The fourth-order valence-electron chi connectivity index (χ4n) is 4.01. The van der Waals surface area contributed by atoms with Crippen LogP contribution in [0, 0.1) is 0 Å². The van der Waals surface area contributed by atoms with E-state index in [0.29, 0.717) is 38.9 Å². The largest absolute Gasteiger partial charge is 0.496 e. The maximum atomic E-state index is 14.2. The van der Waals surface area contributed by atoms with E-state index in [1.807, 2.05) is 0 Å². The molecule has 0 radical (unpaired) electrons. The van der Waals surface area contributed by atoms with Crippen LogP contribution >= 0.6 is 15.9 Å². The van der Waals surface area contributed by atoms with E-state index in [9.17, 15) is 27.9 Å². The van der Waals surface area contributed by atoms with Crippen molar-refractivity contribution in [2.75, 3.05) is 12.4 Å². The Balaban J connectivity index is 1.96. The number of hydrogen-bond donors (Lipinski definition) is 2. The summed E-state index contributed by atoms with van der Waals surface area (Å²) >= 11 is 3.34. The number of oxime groups is 1. The summed E-state index contributed by atoms with van der Waals surface area (Å²) in [6.45, 7) is 4.58. The maximum Gasteiger partial charge on any atom is 0.426 e. The molecule has 1 aliphatic heterocycles. The molecule has 1 aliphatic rings. The van der Waals surface area contributed by atoms with Gasteiger partial charge >= 0.3 is 6.18 Å². The van der Waals surface area contributed by atoms with E-state index < -0.39 is 35.6 Å². The number of aliphatic hydroxyl groups is 1. The molecular weight excluding hydrogens is 533 g/mol. The second-order valence-electron chi connectivity index (χ2n) is 8.84. The summed E-state index contributed by atoms with van der Waals surface area (Å²) in [7, 11) is 1.42. The molecule has 35 heavy (non-hydrogen) atoms. The van der Waals surface area contributed by atoms with Crippen LogP contribution in [-0.2, 0) is 19.8 Å². The molecule has 2 aromatic rings. The summed E-state index contributed by atoms with van der Waals surface area (Å²) in [6, 6.07) is 9.00. The summed E-state index contributed by atoms with van der Waals surface area (Å²) in [5.74, 6) is -1.23. The van der Waals surface area contributed by atoms with Crippen molar-refractivity contribution in [2.45, 2.75) is 50.5 Å². The topological polar surface area (TPSA) is 97.2 Å². The predicted molar refractivity (Wildman–Crippen MR) is 127 cm³/mol. The van der Waals surface area contributed by atoms with Crippen LogP contribution in [0.5, 0.6) is 5.75 Å². The number of aldehydes is 1. The highest BCUT2D eigenvalue weighted by Crippen LogP contribution is 2.45. The number of halogens is 4. The Morgan fingerprint density at radius 1 is 1.29 bits per heavy atom. The molecule has 188 valence electrons. The third-order valence-electron chi connectivity index (χ3n) is 5.89. The molecule has 11 heteroatoms. The lowest BCUT2D eigenvalue weighted by Gasteiger charge is -2.37. The zero-order chi connectivity index (χ0) is 26.2. The number of rotatable bonds is 7. The third kappa shape index (κ3) is 5.06. The van der Waals surface area contributed by atoms with Gasteiger partial charge in [0.05, 0.1) is 17.3 Å². The normalized spacial score (nSPS) is 17.4. The Morgan fingerprint density at radius 3 is 2.57 bits per heavy atom. The Kier molecular flexibility index (Phi) is 7.33. The average molecular weight is 557 g/mol. The number of fused-ring (bicyclic) bond motifs is 1. The molecule has 1 amide bonds. The van der Waals surface area contributed by atoms with Gasteiger partial charge in [0.25, 0.3) is 5.91 Å². The van der Waals surface area contributed by atoms with Gasteiger partial charge in [-0.15, -0.1) is 0 Å². The molecule has 0 saturated heterocycles. The Hall–Kier alpha value is -2.92. The first-order chi connectivity index (χ1) is 16.2. The van der Waals surface area contributed by atoms with Crippen molar-refractivity contribution in [2.24, 2.45) is 5.16 Å². The highest BCUT2D eigenvalue weighted by Gasteiger charge is 2.61. The Labute approximate surface area is 208 Å². The van der Waals surface area contributed by atoms with Crippen molar-refractivity contribution in [3.8, 4) is 5.75 Å². The van der Waals surface area contributed by atoms with Gasteiger partial charge in [0.2, 0.25) is 11.7 Å². The van der Waals surface area contributed by atoms with Crippen molar-refractivity contribution < 1.29 is 37.4 Å². The highest BCUT2D eigenvalue weighted by molar-refractivity contribution is 9.10. The lowest BCUT2D eigenvalue weighted by molar-refractivity contribution is -0.254. The number of nitrogens with zero attached hydrogens (tertiary/aromatic N) is 1. The summed E-state index contributed by atoms with van der Waals surface area (Å²) in [6.07, 6.45) is -6.67. The fraction of sp³-hybridized carbons (Fsp3) is 0.375. The van der Waals surface area contributed by atoms with Gasteiger partial charge in [-0.3, -0.25) is 9.59 Å². The second kappa shape index (κ2) is 9.62. The van der Waals surface area contributed by atoms with Crippen LogP contribution in [0.3, 0.4) is 0 Å². The number of carbonyl (C=O) groups is 2. The van der Waals surface area contributed by atoms with Gasteiger partial charge in [-0.1, -0.05) is 37.2 Å². The third-order valence-corrected chi connectivity index (χ3v) is 6.71. The zero-order valence-corrected chi connectivity index (χ0v) is 21.0. The zero-order valence-electron chi connectivity index (χ0n) is 19.4. The van der Waals surface area contributed by atoms with Crippen molar-refractivity contribution in [1.29, 1.82) is 0 Å². The monoisotopic (exact) mass is 556 g/mol. The predicted octanol–water partition coefficient (Wildman–Crippen LogP) is 5.05. The first-order valence-electron chi connectivity index (χ1n) is 10.5. The highest BCUT2D eigenvalue weighted by atomic mass is 79.9. The van der Waals surface area contributed by atoms with Crippen molar-refractivity contribution in [3.63, 3.8) is 0 Å². The van der Waals surface area contributed by atoms with Gasteiger partial charge in [0.15, 0.2) is 6.29 Å². The first kappa shape index (κ1) is 26.7. The van der Waals surface area contributed by atoms with Crippen LogP contribution in [0.15, 0.2) is 46.0 Å². The number of carbonyl (C=O) groups excluding carboxylic acids is 2. The number of hydrogen-bond acceptors (Lipinski definition) is 6. The number of alkyl halides is 3.